The molecule has 0 radical (unpaired) electrons. The minimum atomic E-state index is -3.95. The van der Waals surface area contributed by atoms with Crippen molar-refractivity contribution >= 4 is 60.2 Å². The number of benzene rings is 1. The Balaban J connectivity index is 0.990. The minimum Gasteiger partial charge on any atom is -0.476 e. The fraction of sp³-hybridized carbons (Fsp3) is 0.512. The van der Waals surface area contributed by atoms with Crippen LogP contribution in [0.4, 0.5) is 22.6 Å². The highest BCUT2D eigenvalue weighted by atomic mass is 32.2. The minimum absolute atomic E-state index is 0.0314. The molecule has 2 unspecified atom stereocenters. The number of rotatable bonds is 15. The number of aromatic carboxylic acids is 1. The maximum absolute atomic E-state index is 12.8. The molecule has 4 aliphatic carbocycles. The maximum Gasteiger partial charge on any atom is 0.355 e. The van der Waals surface area contributed by atoms with Crippen molar-refractivity contribution in [3.05, 3.63) is 65.6 Å². The molecule has 2 atom stereocenters. The molecule has 14 nitrogen and oxygen atoms in total. The van der Waals surface area contributed by atoms with Gasteiger partial charge in [0.05, 0.1) is 27.8 Å². The van der Waals surface area contributed by atoms with Gasteiger partial charge in [0.15, 0.2) is 22.5 Å². The number of pyridine rings is 1. The summed E-state index contributed by atoms with van der Waals surface area (Å²) in [5, 5.41) is 28.1. The lowest BCUT2D eigenvalue weighted by molar-refractivity contribution is -0.248. The van der Waals surface area contributed by atoms with Crippen molar-refractivity contribution in [2.24, 2.45) is 16.2 Å². The summed E-state index contributed by atoms with van der Waals surface area (Å²) in [6.07, 6.45) is 9.87. The van der Waals surface area contributed by atoms with Gasteiger partial charge in [-0.25, -0.2) is 14.8 Å². The highest BCUT2D eigenvalue weighted by molar-refractivity contribution is 7.85. The normalized spacial score (nSPS) is 25.3. The van der Waals surface area contributed by atoms with E-state index in [1.165, 1.54) is 11.3 Å². The number of aromatic nitrogens is 6. The molecule has 0 amide bonds. The second-order valence-corrected chi connectivity index (χ2v) is 20.2. The Morgan fingerprint density at radius 2 is 1.70 bits per heavy atom. The summed E-state index contributed by atoms with van der Waals surface area (Å²) in [6, 6.07) is 13.4. The molecule has 0 saturated heterocycles. The maximum atomic E-state index is 12.8. The third-order valence-electron chi connectivity index (χ3n) is 12.2. The van der Waals surface area contributed by atoms with Crippen LogP contribution < -0.4 is 10.2 Å². The van der Waals surface area contributed by atoms with E-state index in [-0.39, 0.29) is 33.3 Å². The number of hydrogen-bond donors (Lipinski definition) is 3. The Morgan fingerprint density at radius 3 is 2.40 bits per heavy atom. The number of carbonyl (C=O) groups is 1. The predicted octanol–water partition coefficient (Wildman–Crippen LogP) is 8.37. The molecular formula is C41H50N8O6S2. The topological polar surface area (TPSA) is 186 Å². The van der Waals surface area contributed by atoms with Crippen LogP contribution in [0, 0.1) is 30.1 Å². The number of carboxylic acids is 1. The summed E-state index contributed by atoms with van der Waals surface area (Å²) < 4.78 is 41.3. The number of unbranched alkanes of at least 4 members (excludes halogenated alkanes) is 2. The van der Waals surface area contributed by atoms with E-state index in [9.17, 15) is 18.3 Å². The van der Waals surface area contributed by atoms with E-state index in [1.807, 2.05) is 48.9 Å². The average molecular weight is 815 g/mol. The standard InChI is InChI=1S/C41H50N8O6S2/c1-26-17-33(46-47-35(26)45-37-43-30-11-7-8-12-31(30)56-37)48(5)32-14-13-28(34(44-32)36(50)51)29-18-42-49(27(29)2)25-40-20-38(3)19-39(4,21-40)23-41(22-38,24-40)55-15-9-6-10-16-57(52,53)54/h7-8,11-14,17-18H,6,9-10,15-16,19-25H2,1-5H3,(H,50,51)(H,43,45,47)(H,52,53,54). The molecule has 16 heteroatoms. The molecule has 9 rings (SSSR count). The first-order chi connectivity index (χ1) is 26.9. The third-order valence-corrected chi connectivity index (χ3v) is 14.0. The number of hydrogen-bond acceptors (Lipinski definition) is 12. The number of thiazole rings is 1. The van der Waals surface area contributed by atoms with Gasteiger partial charge in [-0.2, -0.15) is 13.5 Å². The van der Waals surface area contributed by atoms with E-state index < -0.39 is 16.1 Å². The van der Waals surface area contributed by atoms with Crippen molar-refractivity contribution in [2.75, 3.05) is 29.6 Å². The quantitative estimate of drug-likeness (QED) is 0.0677. The van der Waals surface area contributed by atoms with Crippen LogP contribution in [0.5, 0.6) is 0 Å². The molecule has 302 valence electrons. The molecule has 1 aromatic carbocycles. The predicted molar refractivity (Wildman–Crippen MR) is 220 cm³/mol. The van der Waals surface area contributed by atoms with Crippen molar-refractivity contribution in [2.45, 2.75) is 97.6 Å². The largest absolute Gasteiger partial charge is 0.476 e. The molecule has 57 heavy (non-hydrogen) atoms. The van der Waals surface area contributed by atoms with Gasteiger partial charge in [-0.05, 0) is 117 Å². The summed E-state index contributed by atoms with van der Waals surface area (Å²) in [7, 11) is -2.16. The van der Waals surface area contributed by atoms with Gasteiger partial charge in [-0.3, -0.25) is 9.23 Å². The van der Waals surface area contributed by atoms with Crippen LogP contribution in [-0.4, -0.2) is 79.0 Å². The van der Waals surface area contributed by atoms with Gasteiger partial charge in [0.25, 0.3) is 10.1 Å². The zero-order valence-corrected chi connectivity index (χ0v) is 34.7. The molecule has 4 aromatic heterocycles. The van der Waals surface area contributed by atoms with E-state index in [0.717, 1.165) is 77.1 Å². The molecule has 4 bridgehead atoms. The fourth-order valence-electron chi connectivity index (χ4n) is 11.1. The summed E-state index contributed by atoms with van der Waals surface area (Å²) in [6.45, 7) is 10.00. The number of carboxylic acid groups (broad SMARTS) is 1. The summed E-state index contributed by atoms with van der Waals surface area (Å²) >= 11 is 1.54. The number of anilines is 4. The van der Waals surface area contributed by atoms with Crippen LogP contribution >= 0.6 is 11.3 Å². The Kier molecular flexibility index (Phi) is 9.93. The Bertz CT molecular complexity index is 2410. The Labute approximate surface area is 336 Å². The van der Waals surface area contributed by atoms with Crippen LogP contribution in [0.15, 0.2) is 48.7 Å². The zero-order chi connectivity index (χ0) is 40.4. The SMILES string of the molecule is Cc1cc(N(C)c2ccc(-c3cnn(CC45CC6(C)CC(C)(C4)CC(OCCCCCS(=O)(=O)O)(C6)C5)c3C)c(C(=O)O)n2)nnc1Nc1nc2ccccc2s1. The Hall–Kier alpha value is -4.51. The van der Waals surface area contributed by atoms with E-state index in [2.05, 4.69) is 39.3 Å². The van der Waals surface area contributed by atoms with Gasteiger partial charge in [0, 0.05) is 37.0 Å². The summed E-state index contributed by atoms with van der Waals surface area (Å²) in [5.74, 6) is 0.159. The van der Waals surface area contributed by atoms with E-state index in [1.54, 1.807) is 30.3 Å². The third kappa shape index (κ3) is 8.01. The van der Waals surface area contributed by atoms with Crippen LogP contribution in [0.1, 0.15) is 93.4 Å². The van der Waals surface area contributed by atoms with Gasteiger partial charge in [0.2, 0.25) is 0 Å². The van der Waals surface area contributed by atoms with Gasteiger partial charge in [-0.15, -0.1) is 10.2 Å². The lowest BCUT2D eigenvalue weighted by atomic mass is 9.39. The van der Waals surface area contributed by atoms with Crippen LogP contribution in [0.25, 0.3) is 21.3 Å². The summed E-state index contributed by atoms with van der Waals surface area (Å²) in [5.41, 5.74) is 3.79. The number of ether oxygens (including phenoxy) is 1. The van der Waals surface area contributed by atoms with Crippen LogP contribution in [0.2, 0.25) is 0 Å². The molecule has 4 heterocycles. The van der Waals surface area contributed by atoms with Crippen molar-refractivity contribution in [1.82, 2.24) is 29.9 Å². The molecular weight excluding hydrogens is 765 g/mol. The van der Waals surface area contributed by atoms with Gasteiger partial charge >= 0.3 is 5.97 Å². The number of para-hydroxylation sites is 1. The molecule has 3 N–H and O–H groups in total. The number of fused-ring (bicyclic) bond motifs is 1. The molecule has 4 fully saturated rings. The first-order valence-electron chi connectivity index (χ1n) is 19.5. The average Bonchev–Trinajstić information content (AvgIpc) is 3.69. The first kappa shape index (κ1) is 39.3. The fourth-order valence-corrected chi connectivity index (χ4v) is 12.5. The molecule has 4 saturated carbocycles. The van der Waals surface area contributed by atoms with Gasteiger partial charge in [0.1, 0.15) is 5.82 Å². The second-order valence-electron chi connectivity index (χ2n) is 17.6. The van der Waals surface area contributed by atoms with Crippen LogP contribution in [0.3, 0.4) is 0 Å². The van der Waals surface area contributed by atoms with Crippen LogP contribution in [-0.2, 0) is 21.4 Å². The highest BCUT2D eigenvalue weighted by Crippen LogP contribution is 2.72. The first-order valence-corrected chi connectivity index (χ1v) is 21.9. The zero-order valence-electron chi connectivity index (χ0n) is 33.1. The molecule has 0 aliphatic heterocycles. The number of nitrogens with one attached hydrogen (secondary N) is 1. The smallest absolute Gasteiger partial charge is 0.355 e. The van der Waals surface area contributed by atoms with Gasteiger partial charge < -0.3 is 20.1 Å². The lowest BCUT2D eigenvalue weighted by Gasteiger charge is -2.69. The van der Waals surface area contributed by atoms with E-state index in [4.69, 9.17) is 14.4 Å². The second kappa shape index (κ2) is 14.4. The van der Waals surface area contributed by atoms with E-state index >= 15 is 0 Å². The number of aryl methyl sites for hydroxylation is 1. The summed E-state index contributed by atoms with van der Waals surface area (Å²) in [4.78, 5) is 23.7. The van der Waals surface area contributed by atoms with Crippen molar-refractivity contribution < 1.29 is 27.6 Å². The molecule has 5 aromatic rings. The molecule has 4 aliphatic rings. The lowest BCUT2D eigenvalue weighted by Crippen LogP contribution is -2.64. The Morgan fingerprint density at radius 1 is 0.947 bits per heavy atom. The van der Waals surface area contributed by atoms with Crippen molar-refractivity contribution in [1.29, 1.82) is 0 Å². The highest BCUT2D eigenvalue weighted by Gasteiger charge is 2.66. The monoisotopic (exact) mass is 814 g/mol. The number of nitrogens with zero attached hydrogens (tertiary/aromatic N) is 7. The van der Waals surface area contributed by atoms with Crippen molar-refractivity contribution in [3.63, 3.8) is 0 Å². The molecule has 0 spiro atoms. The van der Waals surface area contributed by atoms with E-state index in [0.29, 0.717) is 49.0 Å². The van der Waals surface area contributed by atoms with Crippen molar-refractivity contribution in [3.8, 4) is 11.1 Å². The van der Waals surface area contributed by atoms with Gasteiger partial charge in [-0.1, -0.05) is 43.7 Å².